The van der Waals surface area contributed by atoms with Gasteiger partial charge in [-0.1, -0.05) is 30.0 Å². The normalized spacial score (nSPS) is 22.3. The zero-order valence-electron chi connectivity index (χ0n) is 12.3. The van der Waals surface area contributed by atoms with Crippen LogP contribution in [0.4, 0.5) is 0 Å². The van der Waals surface area contributed by atoms with E-state index in [4.69, 9.17) is 16.3 Å². The highest BCUT2D eigenvalue weighted by Crippen LogP contribution is 2.51. The monoisotopic (exact) mass is 337 g/mol. The molecule has 2 unspecified atom stereocenters. The molecule has 4 nitrogen and oxygen atoms in total. The van der Waals surface area contributed by atoms with Crippen LogP contribution in [0.5, 0.6) is 0 Å². The average molecular weight is 338 g/mol. The maximum atomic E-state index is 12.3. The fraction of sp³-hybridized carbons (Fsp3) is 0.312. The van der Waals surface area contributed by atoms with Crippen LogP contribution in [0.25, 0.3) is 0 Å². The van der Waals surface area contributed by atoms with Gasteiger partial charge >= 0.3 is 5.97 Å². The molecule has 0 saturated heterocycles. The Hall–Kier alpha value is -1.59. The number of ketones is 1. The summed E-state index contributed by atoms with van der Waals surface area (Å²) >= 11 is 8.02. The lowest BCUT2D eigenvalue weighted by atomic mass is 9.89. The third-order valence-electron chi connectivity index (χ3n) is 3.43. The van der Waals surface area contributed by atoms with Crippen LogP contribution in [-0.2, 0) is 14.3 Å². The number of hydrogen-bond acceptors (Lipinski definition) is 5. The number of nitrogens with zero attached hydrogens (tertiary/aromatic N) is 1. The van der Waals surface area contributed by atoms with E-state index in [1.54, 1.807) is 12.2 Å². The number of aliphatic imine (C=N–C) groups is 1. The summed E-state index contributed by atoms with van der Waals surface area (Å²) in [6, 6.07) is 9.36. The van der Waals surface area contributed by atoms with E-state index >= 15 is 0 Å². The molecule has 1 aliphatic rings. The molecule has 0 aromatic heterocycles. The summed E-state index contributed by atoms with van der Waals surface area (Å²) in [5.74, 6) is -0.714. The number of benzene rings is 1. The molecule has 1 aromatic carbocycles. The lowest BCUT2D eigenvalue weighted by molar-refractivity contribution is -0.141. The van der Waals surface area contributed by atoms with Crippen molar-refractivity contribution in [1.82, 2.24) is 0 Å². The predicted octanol–water partition coefficient (Wildman–Crippen LogP) is 3.25. The van der Waals surface area contributed by atoms with Crippen LogP contribution < -0.4 is 0 Å². The van der Waals surface area contributed by atoms with Crippen LogP contribution in [-0.4, -0.2) is 34.8 Å². The van der Waals surface area contributed by atoms with E-state index in [0.29, 0.717) is 0 Å². The Bertz CT molecular complexity index is 618. The second-order valence-electron chi connectivity index (χ2n) is 4.86. The Labute approximate surface area is 138 Å². The lowest BCUT2D eigenvalue weighted by Gasteiger charge is -2.38. The number of allylic oxidation sites excluding steroid dienone is 1. The summed E-state index contributed by atoms with van der Waals surface area (Å²) < 4.78 is 3.45. The van der Waals surface area contributed by atoms with Gasteiger partial charge < -0.3 is 4.74 Å². The molecular weight excluding hydrogens is 322 g/mol. The number of carbonyl (C=O) groups is 2. The Kier molecular flexibility index (Phi) is 5.08. The molecule has 0 bridgehead atoms. The van der Waals surface area contributed by atoms with Crippen LogP contribution in [0, 0.1) is 0 Å². The van der Waals surface area contributed by atoms with Crippen LogP contribution in [0.3, 0.4) is 0 Å². The van der Waals surface area contributed by atoms with Crippen molar-refractivity contribution in [1.29, 1.82) is 0 Å². The first-order chi connectivity index (χ1) is 10.4. The van der Waals surface area contributed by atoms with Gasteiger partial charge in [0.25, 0.3) is 0 Å². The number of carbonyl (C=O) groups excluding carboxylic acids is 2. The zero-order chi connectivity index (χ0) is 16.2. The SMILES string of the molecule is COC(=O)CC(Cl)(Sc1ccccc1)C1(C(C)=O)C=CC=N1. The standard InChI is InChI=1S/C16H16ClNO3S/c1-12(19)15(9-6-10-18-15)16(17,11-14(20)21-2)22-13-7-4-3-5-8-13/h3-10H,11H2,1-2H3. The number of methoxy groups -OCH3 is 1. The first-order valence-electron chi connectivity index (χ1n) is 6.67. The molecule has 1 aromatic rings. The van der Waals surface area contributed by atoms with E-state index in [1.807, 2.05) is 30.3 Å². The molecule has 6 heteroatoms. The van der Waals surface area contributed by atoms with Crippen molar-refractivity contribution in [3.05, 3.63) is 42.5 Å². The van der Waals surface area contributed by atoms with Crippen LogP contribution in [0.1, 0.15) is 13.3 Å². The Morgan fingerprint density at radius 3 is 2.55 bits per heavy atom. The summed E-state index contributed by atoms with van der Waals surface area (Å²) in [7, 11) is 1.29. The molecule has 0 aliphatic carbocycles. The highest BCUT2D eigenvalue weighted by Gasteiger charge is 2.55. The van der Waals surface area contributed by atoms with Gasteiger partial charge in [-0.2, -0.15) is 0 Å². The molecule has 0 radical (unpaired) electrons. The number of esters is 1. The molecular formula is C16H16ClNO3S. The summed E-state index contributed by atoms with van der Waals surface area (Å²) in [6.45, 7) is 1.42. The van der Waals surface area contributed by atoms with Crippen molar-refractivity contribution >= 4 is 41.3 Å². The Morgan fingerprint density at radius 1 is 1.36 bits per heavy atom. The maximum Gasteiger partial charge on any atom is 0.308 e. The van der Waals surface area contributed by atoms with Crippen molar-refractivity contribution in [3.63, 3.8) is 0 Å². The minimum Gasteiger partial charge on any atom is -0.469 e. The summed E-state index contributed by atoms with van der Waals surface area (Å²) in [6.07, 6.45) is 4.69. The number of halogens is 1. The summed E-state index contributed by atoms with van der Waals surface area (Å²) in [5, 5.41) is 0. The van der Waals surface area contributed by atoms with Crippen LogP contribution in [0.2, 0.25) is 0 Å². The van der Waals surface area contributed by atoms with Gasteiger partial charge in [0.1, 0.15) is 4.21 Å². The van der Waals surface area contributed by atoms with E-state index in [0.717, 1.165) is 4.90 Å². The Balaban J connectivity index is 2.45. The van der Waals surface area contributed by atoms with Gasteiger partial charge in [0.15, 0.2) is 11.3 Å². The molecule has 2 rings (SSSR count). The van der Waals surface area contributed by atoms with Crippen molar-refractivity contribution in [2.75, 3.05) is 7.11 Å². The van der Waals surface area contributed by atoms with E-state index in [1.165, 1.54) is 32.0 Å². The van der Waals surface area contributed by atoms with Gasteiger partial charge in [-0.25, -0.2) is 0 Å². The molecule has 22 heavy (non-hydrogen) atoms. The largest absolute Gasteiger partial charge is 0.469 e. The molecule has 0 saturated carbocycles. The number of ether oxygens (including phenoxy) is 1. The highest BCUT2D eigenvalue weighted by atomic mass is 35.5. The highest BCUT2D eigenvalue weighted by molar-refractivity contribution is 8.02. The van der Waals surface area contributed by atoms with Gasteiger partial charge in [0, 0.05) is 11.1 Å². The predicted molar refractivity (Wildman–Crippen MR) is 88.6 cm³/mol. The fourth-order valence-electron chi connectivity index (χ4n) is 2.26. The Morgan fingerprint density at radius 2 is 2.05 bits per heavy atom. The molecule has 0 spiro atoms. The van der Waals surface area contributed by atoms with E-state index < -0.39 is 15.7 Å². The lowest BCUT2D eigenvalue weighted by Crippen LogP contribution is -2.50. The van der Waals surface area contributed by atoms with E-state index in [-0.39, 0.29) is 12.2 Å². The zero-order valence-corrected chi connectivity index (χ0v) is 13.9. The second kappa shape index (κ2) is 6.67. The van der Waals surface area contributed by atoms with E-state index in [9.17, 15) is 9.59 Å². The third kappa shape index (κ3) is 3.10. The fourth-order valence-corrected chi connectivity index (χ4v) is 4.16. The summed E-state index contributed by atoms with van der Waals surface area (Å²) in [4.78, 5) is 29.2. The van der Waals surface area contributed by atoms with E-state index in [2.05, 4.69) is 4.99 Å². The van der Waals surface area contributed by atoms with Crippen molar-refractivity contribution in [3.8, 4) is 0 Å². The number of alkyl halides is 1. The number of rotatable bonds is 6. The maximum absolute atomic E-state index is 12.3. The second-order valence-corrected chi connectivity index (χ2v) is 7.10. The molecule has 0 fully saturated rings. The molecule has 0 amide bonds. The van der Waals surface area contributed by atoms with Crippen molar-refractivity contribution in [2.45, 2.75) is 28.0 Å². The number of hydrogen-bond donors (Lipinski definition) is 0. The first-order valence-corrected chi connectivity index (χ1v) is 7.87. The number of Topliss-reactive ketones (excluding diaryl/α,β-unsaturated/α-hetero) is 1. The van der Waals surface area contributed by atoms with Gasteiger partial charge in [-0.05, 0) is 31.2 Å². The van der Waals surface area contributed by atoms with Crippen molar-refractivity contribution < 1.29 is 14.3 Å². The topological polar surface area (TPSA) is 55.7 Å². The molecule has 2 atom stereocenters. The quantitative estimate of drug-likeness (QED) is 0.454. The van der Waals surface area contributed by atoms with Gasteiger partial charge in [0.2, 0.25) is 0 Å². The smallest absolute Gasteiger partial charge is 0.308 e. The van der Waals surface area contributed by atoms with Gasteiger partial charge in [0.05, 0.1) is 13.5 Å². The van der Waals surface area contributed by atoms with Gasteiger partial charge in [-0.3, -0.25) is 14.6 Å². The van der Waals surface area contributed by atoms with Crippen LogP contribution >= 0.6 is 23.4 Å². The number of thioether (sulfide) groups is 1. The molecule has 0 N–H and O–H groups in total. The average Bonchev–Trinajstić information content (AvgIpc) is 2.99. The third-order valence-corrected chi connectivity index (χ3v) is 5.37. The summed E-state index contributed by atoms with van der Waals surface area (Å²) in [5.41, 5.74) is -1.29. The molecule has 1 heterocycles. The van der Waals surface area contributed by atoms with Crippen LogP contribution in [0.15, 0.2) is 52.4 Å². The first kappa shape index (κ1) is 16.8. The van der Waals surface area contributed by atoms with Gasteiger partial charge in [-0.15, -0.1) is 11.6 Å². The minimum atomic E-state index is -1.29. The molecule has 116 valence electrons. The molecule has 1 aliphatic heterocycles. The van der Waals surface area contributed by atoms with Crippen molar-refractivity contribution in [2.24, 2.45) is 4.99 Å². The minimum absolute atomic E-state index is 0.147.